The van der Waals surface area contributed by atoms with Crippen molar-refractivity contribution in [2.45, 2.75) is 45.1 Å². The predicted octanol–water partition coefficient (Wildman–Crippen LogP) is 4.46. The molecular weight excluding hydrogens is 298 g/mol. The highest BCUT2D eigenvalue weighted by Crippen LogP contribution is 2.51. The second-order valence-electron chi connectivity index (χ2n) is 6.96. The van der Waals surface area contributed by atoms with Gasteiger partial charge in [-0.1, -0.05) is 25.4 Å². The maximum absolute atomic E-state index is 6.36. The summed E-state index contributed by atoms with van der Waals surface area (Å²) in [7, 11) is 1.70. The summed E-state index contributed by atoms with van der Waals surface area (Å²) in [6.45, 7) is 5.96. The molecule has 4 heteroatoms. The van der Waals surface area contributed by atoms with Crippen LogP contribution in [0.5, 0.6) is 5.75 Å². The summed E-state index contributed by atoms with van der Waals surface area (Å²) in [4.78, 5) is 4.80. The number of benzene rings is 1. The van der Waals surface area contributed by atoms with Gasteiger partial charge in [0.25, 0.3) is 0 Å². The lowest BCUT2D eigenvalue weighted by Gasteiger charge is -2.31. The first-order valence-electron chi connectivity index (χ1n) is 8.01. The minimum absolute atomic E-state index is 0.276. The van der Waals surface area contributed by atoms with Crippen molar-refractivity contribution in [3.05, 3.63) is 28.3 Å². The molecule has 1 aromatic rings. The largest absolute Gasteiger partial charge is 0.492 e. The van der Waals surface area contributed by atoms with E-state index < -0.39 is 0 Å². The molecule has 1 aromatic carbocycles. The number of rotatable bonds is 5. The summed E-state index contributed by atoms with van der Waals surface area (Å²) in [5, 5.41) is 0.665. The van der Waals surface area contributed by atoms with Crippen molar-refractivity contribution in [1.29, 1.82) is 0 Å². The number of hydrogen-bond acceptors (Lipinski definition) is 3. The number of halogens is 1. The van der Waals surface area contributed by atoms with Crippen LogP contribution in [-0.2, 0) is 4.74 Å². The Morgan fingerprint density at radius 1 is 1.32 bits per heavy atom. The van der Waals surface area contributed by atoms with E-state index in [0.29, 0.717) is 30.2 Å². The Labute approximate surface area is 137 Å². The van der Waals surface area contributed by atoms with E-state index in [4.69, 9.17) is 26.1 Å². The molecule has 1 heterocycles. The normalized spacial score (nSPS) is 24.9. The Morgan fingerprint density at radius 2 is 2.14 bits per heavy atom. The summed E-state index contributed by atoms with van der Waals surface area (Å²) in [5.41, 5.74) is 2.77. The predicted molar refractivity (Wildman–Crippen MR) is 90.6 cm³/mol. The zero-order valence-electron chi connectivity index (χ0n) is 13.6. The average Bonchev–Trinajstić information content (AvgIpc) is 2.79. The topological polar surface area (TPSA) is 30.8 Å². The highest BCUT2D eigenvalue weighted by atomic mass is 35.5. The molecule has 0 bridgehead atoms. The molecule has 0 aromatic heterocycles. The smallest absolute Gasteiger partial charge is 0.138 e. The van der Waals surface area contributed by atoms with Crippen LogP contribution < -0.4 is 4.74 Å². The summed E-state index contributed by atoms with van der Waals surface area (Å²) >= 11 is 6.36. The Kier molecular flexibility index (Phi) is 4.47. The molecule has 1 unspecified atom stereocenters. The number of aliphatic imine (C=N–C) groups is 1. The van der Waals surface area contributed by atoms with Crippen LogP contribution in [0.1, 0.15) is 50.2 Å². The van der Waals surface area contributed by atoms with Crippen molar-refractivity contribution in [3.8, 4) is 5.75 Å². The third kappa shape index (κ3) is 2.89. The number of hydrogen-bond donors (Lipinski definition) is 0. The fraction of sp³-hybridized carbons (Fsp3) is 0.611. The molecule has 0 saturated heterocycles. The molecule has 22 heavy (non-hydrogen) atoms. The molecule has 1 aliphatic carbocycles. The zero-order valence-corrected chi connectivity index (χ0v) is 14.3. The molecule has 2 aliphatic rings. The van der Waals surface area contributed by atoms with E-state index in [9.17, 15) is 0 Å². The van der Waals surface area contributed by atoms with Gasteiger partial charge >= 0.3 is 0 Å². The number of ether oxygens (including phenoxy) is 2. The first-order chi connectivity index (χ1) is 10.5. The lowest BCUT2D eigenvalue weighted by Crippen LogP contribution is -2.28. The third-order valence-electron chi connectivity index (χ3n) is 4.94. The third-order valence-corrected chi connectivity index (χ3v) is 5.24. The van der Waals surface area contributed by atoms with Crippen molar-refractivity contribution < 1.29 is 9.47 Å². The SMILES string of the molecule is COCCCOc1cc2c(cc1Cl)C=NC1[C@@H]2CCC1(C)C. The van der Waals surface area contributed by atoms with Gasteiger partial charge in [-0.2, -0.15) is 0 Å². The molecule has 0 amide bonds. The Hall–Kier alpha value is -1.06. The molecule has 2 atom stereocenters. The zero-order chi connectivity index (χ0) is 15.7. The molecule has 1 fully saturated rings. The Morgan fingerprint density at radius 3 is 2.91 bits per heavy atom. The van der Waals surface area contributed by atoms with Gasteiger partial charge in [0.15, 0.2) is 0 Å². The quantitative estimate of drug-likeness (QED) is 0.750. The van der Waals surface area contributed by atoms with E-state index in [1.807, 2.05) is 12.3 Å². The highest BCUT2D eigenvalue weighted by Gasteiger charge is 2.44. The summed E-state index contributed by atoms with van der Waals surface area (Å²) < 4.78 is 10.9. The van der Waals surface area contributed by atoms with Crippen LogP contribution in [0.15, 0.2) is 17.1 Å². The molecule has 1 aliphatic heterocycles. The highest BCUT2D eigenvalue weighted by molar-refractivity contribution is 6.32. The maximum atomic E-state index is 6.36. The summed E-state index contributed by atoms with van der Waals surface area (Å²) in [6.07, 6.45) is 5.26. The monoisotopic (exact) mass is 321 g/mol. The van der Waals surface area contributed by atoms with Gasteiger partial charge in [0, 0.05) is 32.3 Å². The van der Waals surface area contributed by atoms with Crippen LogP contribution in [0.25, 0.3) is 0 Å². The van der Waals surface area contributed by atoms with E-state index in [2.05, 4.69) is 19.9 Å². The average molecular weight is 322 g/mol. The molecule has 120 valence electrons. The Bertz CT molecular complexity index is 583. The van der Waals surface area contributed by atoms with Crippen molar-refractivity contribution in [2.75, 3.05) is 20.3 Å². The van der Waals surface area contributed by atoms with Gasteiger partial charge in [-0.15, -0.1) is 0 Å². The maximum Gasteiger partial charge on any atom is 0.138 e. The van der Waals surface area contributed by atoms with Crippen molar-refractivity contribution >= 4 is 17.8 Å². The lowest BCUT2D eigenvalue weighted by molar-refractivity contribution is 0.172. The van der Waals surface area contributed by atoms with Crippen molar-refractivity contribution in [1.82, 2.24) is 0 Å². The van der Waals surface area contributed by atoms with Gasteiger partial charge < -0.3 is 9.47 Å². The van der Waals surface area contributed by atoms with Crippen LogP contribution >= 0.6 is 11.6 Å². The number of fused-ring (bicyclic) bond motifs is 3. The second-order valence-corrected chi connectivity index (χ2v) is 7.37. The van der Waals surface area contributed by atoms with E-state index >= 15 is 0 Å². The minimum atomic E-state index is 0.276. The summed E-state index contributed by atoms with van der Waals surface area (Å²) in [6, 6.07) is 4.50. The van der Waals surface area contributed by atoms with Gasteiger partial charge in [-0.25, -0.2) is 0 Å². The molecule has 0 N–H and O–H groups in total. The van der Waals surface area contributed by atoms with Crippen LogP contribution in [0, 0.1) is 5.41 Å². The van der Waals surface area contributed by atoms with Crippen LogP contribution in [0.4, 0.5) is 0 Å². The summed E-state index contributed by atoms with van der Waals surface area (Å²) in [5.74, 6) is 1.28. The van der Waals surface area contributed by atoms with E-state index in [1.54, 1.807) is 7.11 Å². The van der Waals surface area contributed by atoms with E-state index in [1.165, 1.54) is 18.4 Å². The first kappa shape index (κ1) is 15.8. The fourth-order valence-corrected chi connectivity index (χ4v) is 3.91. The van der Waals surface area contributed by atoms with Gasteiger partial charge in [-0.3, -0.25) is 4.99 Å². The lowest BCUT2D eigenvalue weighted by atomic mass is 9.80. The molecule has 0 radical (unpaired) electrons. The van der Waals surface area contributed by atoms with Crippen LogP contribution in [0.3, 0.4) is 0 Å². The number of nitrogens with zero attached hydrogens (tertiary/aromatic N) is 1. The molecular formula is C18H24ClNO2. The second kappa shape index (κ2) is 6.21. The van der Waals surface area contributed by atoms with Crippen LogP contribution in [0.2, 0.25) is 5.02 Å². The molecule has 1 saturated carbocycles. The molecule has 0 spiro atoms. The fourth-order valence-electron chi connectivity index (χ4n) is 3.68. The first-order valence-corrected chi connectivity index (χ1v) is 8.39. The molecule has 3 rings (SSSR count). The van der Waals surface area contributed by atoms with Gasteiger partial charge in [0.2, 0.25) is 0 Å². The van der Waals surface area contributed by atoms with Gasteiger partial charge in [0.1, 0.15) is 5.75 Å². The van der Waals surface area contributed by atoms with Gasteiger partial charge in [-0.05, 0) is 41.5 Å². The molecule has 3 nitrogen and oxygen atoms in total. The van der Waals surface area contributed by atoms with Crippen molar-refractivity contribution in [3.63, 3.8) is 0 Å². The van der Waals surface area contributed by atoms with Crippen LogP contribution in [-0.4, -0.2) is 32.6 Å². The van der Waals surface area contributed by atoms with E-state index in [-0.39, 0.29) is 5.41 Å². The van der Waals surface area contributed by atoms with E-state index in [0.717, 1.165) is 17.7 Å². The van der Waals surface area contributed by atoms with Crippen molar-refractivity contribution in [2.24, 2.45) is 10.4 Å². The standard InChI is InChI=1S/C18H24ClNO2/c1-18(2)6-5-13-14-10-16(22-8-4-7-21-3)15(19)9-12(14)11-20-17(13)18/h9-11,13,17H,4-8H2,1-3H3/t13-,17?/m1/s1. The Balaban J connectivity index is 1.83. The van der Waals surface area contributed by atoms with Gasteiger partial charge in [0.05, 0.1) is 17.7 Å². The number of methoxy groups -OCH3 is 1. The minimum Gasteiger partial charge on any atom is -0.492 e.